The van der Waals surface area contributed by atoms with Crippen LogP contribution in [0.4, 0.5) is 0 Å². The minimum absolute atomic E-state index is 0.518. The van der Waals surface area contributed by atoms with Crippen LogP contribution in [-0.4, -0.2) is 32.8 Å². The fourth-order valence-electron chi connectivity index (χ4n) is 0.296. The Bertz CT molecular complexity index is 200. The third kappa shape index (κ3) is 12.2. The van der Waals surface area contributed by atoms with Gasteiger partial charge in [-0.2, -0.15) is 0 Å². The van der Waals surface area contributed by atoms with E-state index in [4.69, 9.17) is 19.6 Å². The van der Waals surface area contributed by atoms with Crippen molar-refractivity contribution in [2.75, 3.05) is 13.2 Å². The highest BCUT2D eigenvalue weighted by Gasteiger charge is 2.16. The summed E-state index contributed by atoms with van der Waals surface area (Å²) in [7, 11) is -9.29. The Kier molecular flexibility index (Phi) is 5.23. The third-order valence-corrected chi connectivity index (χ3v) is 1.39. The Morgan fingerprint density at radius 3 is 1.85 bits per heavy atom. The third-order valence-electron chi connectivity index (χ3n) is 0.576. The van der Waals surface area contributed by atoms with Crippen LogP contribution in [0.15, 0.2) is 0 Å². The van der Waals surface area contributed by atoms with Crippen LogP contribution in [0.3, 0.4) is 0 Å². The largest absolute Gasteiger partial charge is 0.496 e. The van der Waals surface area contributed by atoms with Gasteiger partial charge in [-0.1, -0.05) is 0 Å². The van der Waals surface area contributed by atoms with Crippen LogP contribution in [0.5, 0.6) is 0 Å². The van der Waals surface area contributed by atoms with Crippen molar-refractivity contribution in [3.63, 3.8) is 0 Å². The molecule has 9 nitrogen and oxygen atoms in total. The average Bonchev–Trinajstić information content (AvgIpc) is 1.81. The van der Waals surface area contributed by atoms with Crippen molar-refractivity contribution in [2.45, 2.75) is 0 Å². The second-order valence-corrected chi connectivity index (χ2v) is 4.08. The molecule has 80 valence electrons. The topological polar surface area (TPSA) is 143 Å². The second-order valence-electron chi connectivity index (χ2n) is 1.71. The molecule has 0 aromatic carbocycles. The summed E-state index contributed by atoms with van der Waals surface area (Å²) >= 11 is 0. The molecular weight excluding hydrogens is 230 g/mol. The molecule has 11 heteroatoms. The zero-order valence-electron chi connectivity index (χ0n) is 6.14. The average molecular weight is 238 g/mol. The number of rotatable bonds is 6. The van der Waals surface area contributed by atoms with E-state index in [1.165, 1.54) is 0 Å². The Morgan fingerprint density at radius 1 is 0.923 bits per heavy atom. The monoisotopic (exact) mass is 238 g/mol. The lowest BCUT2D eigenvalue weighted by molar-refractivity contribution is -0.225. The predicted molar refractivity (Wildman–Crippen MR) is 37.1 cm³/mol. The first-order chi connectivity index (χ1) is 5.71. The summed E-state index contributed by atoms with van der Waals surface area (Å²) in [5, 5.41) is 0. The second kappa shape index (κ2) is 5.16. The van der Waals surface area contributed by atoms with E-state index in [9.17, 15) is 9.13 Å². The summed E-state index contributed by atoms with van der Waals surface area (Å²) in [6.45, 7) is -1.07. The Morgan fingerprint density at radius 2 is 1.46 bits per heavy atom. The number of phosphoric ester groups is 1. The van der Waals surface area contributed by atoms with Gasteiger partial charge < -0.3 is 19.6 Å². The van der Waals surface area contributed by atoms with E-state index in [1.807, 2.05) is 0 Å². The molecule has 4 N–H and O–H groups in total. The molecule has 0 aliphatic carbocycles. The van der Waals surface area contributed by atoms with Gasteiger partial charge >= 0.3 is 15.6 Å². The fraction of sp³-hybridized carbons (Fsp3) is 1.00. The zero-order chi connectivity index (χ0) is 10.5. The number of hydrogen-bond donors (Lipinski definition) is 4. The summed E-state index contributed by atoms with van der Waals surface area (Å²) in [5.74, 6) is 0. The summed E-state index contributed by atoms with van der Waals surface area (Å²) in [5.41, 5.74) is 0. The van der Waals surface area contributed by atoms with Crippen molar-refractivity contribution in [3.05, 3.63) is 0 Å². The molecule has 0 saturated heterocycles. The lowest BCUT2D eigenvalue weighted by atomic mass is 10.8. The first kappa shape index (κ1) is 13.2. The highest BCUT2D eigenvalue weighted by Crippen LogP contribution is 2.37. The first-order valence-electron chi connectivity index (χ1n) is 2.77. The van der Waals surface area contributed by atoms with Crippen molar-refractivity contribution in [1.29, 1.82) is 0 Å². The Labute approximate surface area is 72.7 Å². The van der Waals surface area contributed by atoms with Gasteiger partial charge in [0.25, 0.3) is 0 Å². The van der Waals surface area contributed by atoms with Gasteiger partial charge in [-0.25, -0.2) is 14.0 Å². The molecule has 0 rings (SSSR count). The maximum atomic E-state index is 10.0. The quantitative estimate of drug-likeness (QED) is 0.201. The summed E-state index contributed by atoms with van der Waals surface area (Å²) in [6.07, 6.45) is 0. The molecule has 0 fully saturated rings. The highest BCUT2D eigenvalue weighted by molar-refractivity contribution is 7.46. The SMILES string of the molecule is O=P(O)(O)OCCOOP(=O)(O)O. The van der Waals surface area contributed by atoms with E-state index in [1.54, 1.807) is 0 Å². The molecule has 0 aromatic rings. The van der Waals surface area contributed by atoms with Crippen LogP contribution in [0.1, 0.15) is 0 Å². The van der Waals surface area contributed by atoms with Gasteiger partial charge in [-0.3, -0.25) is 4.52 Å². The molecule has 0 radical (unpaired) electrons. The zero-order valence-corrected chi connectivity index (χ0v) is 7.93. The van der Waals surface area contributed by atoms with Gasteiger partial charge in [0.15, 0.2) is 0 Å². The van der Waals surface area contributed by atoms with Crippen LogP contribution in [0.2, 0.25) is 0 Å². The lowest BCUT2D eigenvalue weighted by Gasteiger charge is -2.05. The molecule has 0 aromatic heterocycles. The molecule has 0 heterocycles. The predicted octanol–water partition coefficient (Wildman–Crippen LogP) is -0.863. The van der Waals surface area contributed by atoms with Gasteiger partial charge in [-0.15, -0.1) is 4.67 Å². The minimum atomic E-state index is -4.72. The van der Waals surface area contributed by atoms with Gasteiger partial charge in [-0.05, 0) is 0 Å². The normalized spacial score (nSPS) is 13.2. The molecule has 0 bridgehead atoms. The first-order valence-corrected chi connectivity index (χ1v) is 5.83. The van der Waals surface area contributed by atoms with Gasteiger partial charge in [0.2, 0.25) is 0 Å². The molecule has 0 spiro atoms. The van der Waals surface area contributed by atoms with E-state index in [-0.39, 0.29) is 0 Å². The van der Waals surface area contributed by atoms with E-state index < -0.39 is 28.9 Å². The van der Waals surface area contributed by atoms with Gasteiger partial charge in [0.1, 0.15) is 6.61 Å². The van der Waals surface area contributed by atoms with E-state index in [0.717, 1.165) is 0 Å². The number of phosphoric acid groups is 2. The van der Waals surface area contributed by atoms with Crippen LogP contribution >= 0.6 is 15.6 Å². The standard InChI is InChI=1S/C2H8O9P2/c3-12(4,5)10-2-1-9-11-13(6,7)8/h1-2H2,(H2,3,4,5)(H2,6,7,8). The molecule has 0 amide bonds. The van der Waals surface area contributed by atoms with E-state index >= 15 is 0 Å². The smallest absolute Gasteiger partial charge is 0.303 e. The number of hydrogen-bond acceptors (Lipinski definition) is 5. The van der Waals surface area contributed by atoms with Crippen molar-refractivity contribution in [2.24, 2.45) is 0 Å². The Balaban J connectivity index is 3.39. The molecular formula is C2H8O9P2. The molecule has 0 unspecified atom stereocenters. The highest BCUT2D eigenvalue weighted by atomic mass is 31.2. The Hall–Kier alpha value is 0.180. The minimum Gasteiger partial charge on any atom is -0.303 e. The molecule has 0 atom stereocenters. The molecule has 13 heavy (non-hydrogen) atoms. The van der Waals surface area contributed by atoms with Gasteiger partial charge in [0.05, 0.1) is 6.61 Å². The van der Waals surface area contributed by atoms with E-state index in [2.05, 4.69) is 14.1 Å². The van der Waals surface area contributed by atoms with Crippen LogP contribution in [-0.2, 0) is 23.2 Å². The molecule has 0 aliphatic rings. The molecule has 0 aliphatic heterocycles. The van der Waals surface area contributed by atoms with Crippen molar-refractivity contribution in [1.82, 2.24) is 0 Å². The maximum absolute atomic E-state index is 10.0. The summed E-state index contributed by atoms with van der Waals surface area (Å²) < 4.78 is 27.3. The van der Waals surface area contributed by atoms with Gasteiger partial charge in [0, 0.05) is 0 Å². The summed E-state index contributed by atoms with van der Waals surface area (Å²) in [6, 6.07) is 0. The van der Waals surface area contributed by atoms with Crippen LogP contribution in [0, 0.1) is 0 Å². The van der Waals surface area contributed by atoms with Crippen molar-refractivity contribution >= 4 is 15.6 Å². The van der Waals surface area contributed by atoms with Crippen LogP contribution in [0.25, 0.3) is 0 Å². The van der Waals surface area contributed by atoms with Crippen molar-refractivity contribution < 1.29 is 42.8 Å². The van der Waals surface area contributed by atoms with Crippen molar-refractivity contribution in [3.8, 4) is 0 Å². The van der Waals surface area contributed by atoms with E-state index in [0.29, 0.717) is 0 Å². The lowest BCUT2D eigenvalue weighted by Crippen LogP contribution is -2.02. The fourth-order valence-corrected chi connectivity index (χ4v) is 0.820. The summed E-state index contributed by atoms with van der Waals surface area (Å²) in [4.78, 5) is 36.2. The maximum Gasteiger partial charge on any atom is 0.496 e. The van der Waals surface area contributed by atoms with Crippen LogP contribution < -0.4 is 0 Å². The molecule has 0 saturated carbocycles.